The Balaban J connectivity index is 0. The van der Waals surface area contributed by atoms with E-state index in [1.165, 1.54) is 0 Å². The van der Waals surface area contributed by atoms with E-state index in [0.29, 0.717) is 5.75 Å². The van der Waals surface area contributed by atoms with E-state index in [4.69, 9.17) is 5.11 Å². The fraction of sp³-hybridized carbons (Fsp3) is 0.500. The van der Waals surface area contributed by atoms with Crippen LogP contribution in [0.5, 0.6) is 5.75 Å². The zero-order valence-corrected chi connectivity index (χ0v) is 8.33. The van der Waals surface area contributed by atoms with Crippen LogP contribution < -0.4 is 0 Å². The van der Waals surface area contributed by atoms with Gasteiger partial charge in [0, 0.05) is 0 Å². The van der Waals surface area contributed by atoms with E-state index in [1.807, 2.05) is 25.1 Å². The van der Waals surface area contributed by atoms with Gasteiger partial charge in [0.2, 0.25) is 0 Å². The number of phenols is 1. The zero-order chi connectivity index (χ0) is 9.56. The third-order valence-electron chi connectivity index (χ3n) is 1.12. The van der Waals surface area contributed by atoms with Gasteiger partial charge >= 0.3 is 0 Å². The molecule has 0 fully saturated rings. The molecule has 1 heteroatoms. The highest BCUT2D eigenvalue weighted by atomic mass is 16.3. The Kier molecular flexibility index (Phi) is 8.56. The van der Waals surface area contributed by atoms with E-state index in [0.717, 1.165) is 11.5 Å². The monoisotopic (exact) mass is 182 g/mol. The van der Waals surface area contributed by atoms with Crippen LogP contribution in [0.4, 0.5) is 0 Å². The summed E-state index contributed by atoms with van der Waals surface area (Å²) in [6.45, 7) is 8.37. The van der Waals surface area contributed by atoms with Gasteiger partial charge in [-0.1, -0.05) is 46.4 Å². The first-order valence-corrected chi connectivity index (χ1v) is 4.28. The first-order valence-electron chi connectivity index (χ1n) is 4.28. The van der Waals surface area contributed by atoms with Gasteiger partial charge in [0.05, 0.1) is 0 Å². The molecule has 0 aliphatic rings. The molecule has 1 nitrogen and oxygen atoms in total. The van der Waals surface area contributed by atoms with Crippen molar-refractivity contribution in [3.63, 3.8) is 0 Å². The van der Waals surface area contributed by atoms with Crippen molar-refractivity contribution in [2.75, 3.05) is 0 Å². The van der Waals surface area contributed by atoms with Crippen LogP contribution in [0.1, 0.15) is 33.8 Å². The van der Waals surface area contributed by atoms with Crippen molar-refractivity contribution in [3.8, 4) is 5.75 Å². The van der Waals surface area contributed by atoms with Crippen LogP contribution in [0.15, 0.2) is 24.3 Å². The van der Waals surface area contributed by atoms with E-state index in [2.05, 4.69) is 20.8 Å². The van der Waals surface area contributed by atoms with Crippen LogP contribution in [-0.4, -0.2) is 5.11 Å². The smallest absolute Gasteiger partial charge is 0.118 e. The summed E-state index contributed by atoms with van der Waals surface area (Å²) in [6, 6.07) is 7.25. The number of benzene rings is 1. The summed E-state index contributed by atoms with van der Waals surface area (Å²) in [4.78, 5) is 0. The Morgan fingerprint density at radius 1 is 1.08 bits per heavy atom. The minimum atomic E-state index is 0. The highest BCUT2D eigenvalue weighted by Crippen LogP contribution is 2.12. The van der Waals surface area contributed by atoms with Crippen molar-refractivity contribution < 1.29 is 5.11 Å². The molecule has 0 saturated carbocycles. The summed E-state index contributed by atoms with van der Waals surface area (Å²) in [5.74, 6) is 1.20. The van der Waals surface area contributed by atoms with Crippen molar-refractivity contribution in [1.29, 1.82) is 0 Å². The third-order valence-corrected chi connectivity index (χ3v) is 1.12. The highest BCUT2D eigenvalue weighted by Gasteiger charge is 1.86. The molecular formula is C12H22O. The van der Waals surface area contributed by atoms with Crippen LogP contribution in [0.2, 0.25) is 0 Å². The predicted molar refractivity (Wildman–Crippen MR) is 60.1 cm³/mol. The molecule has 1 aromatic rings. The molecule has 1 aromatic carbocycles. The molecule has 0 amide bonds. The van der Waals surface area contributed by atoms with Gasteiger partial charge in [-0.25, -0.2) is 0 Å². The Hall–Kier alpha value is -0.980. The molecule has 1 N–H and O–H groups in total. The average Bonchev–Trinajstić information content (AvgIpc) is 1.94. The van der Waals surface area contributed by atoms with Crippen LogP contribution >= 0.6 is 0 Å². The fourth-order valence-electron chi connectivity index (χ4n) is 0.563. The number of para-hydroxylation sites is 1. The molecule has 0 bridgehead atoms. The predicted octanol–water partition coefficient (Wildman–Crippen LogP) is 4.00. The number of hydrogen-bond donors (Lipinski definition) is 1. The maximum atomic E-state index is 8.92. The summed E-state index contributed by atoms with van der Waals surface area (Å²) in [5, 5.41) is 8.92. The Morgan fingerprint density at radius 3 is 1.69 bits per heavy atom. The molecule has 0 aliphatic heterocycles. The highest BCUT2D eigenvalue weighted by molar-refractivity contribution is 5.29. The van der Waals surface area contributed by atoms with Gasteiger partial charge in [0.15, 0.2) is 0 Å². The topological polar surface area (TPSA) is 20.2 Å². The lowest BCUT2D eigenvalue weighted by atomic mass is 10.2. The van der Waals surface area contributed by atoms with Crippen molar-refractivity contribution in [2.24, 2.45) is 5.92 Å². The Bertz CT molecular complexity index is 192. The van der Waals surface area contributed by atoms with Gasteiger partial charge in [-0.3, -0.25) is 0 Å². The molecule has 76 valence electrons. The van der Waals surface area contributed by atoms with Gasteiger partial charge < -0.3 is 5.11 Å². The van der Waals surface area contributed by atoms with Gasteiger partial charge in [-0.05, 0) is 24.5 Å². The molecule has 0 unspecified atom stereocenters. The molecule has 0 saturated heterocycles. The number of phenolic OH excluding ortho intramolecular Hbond substituents is 1. The van der Waals surface area contributed by atoms with Crippen molar-refractivity contribution in [3.05, 3.63) is 29.8 Å². The van der Waals surface area contributed by atoms with Gasteiger partial charge in [0.25, 0.3) is 0 Å². The largest absolute Gasteiger partial charge is 0.508 e. The molecule has 1 rings (SSSR count). The van der Waals surface area contributed by atoms with Crippen molar-refractivity contribution in [2.45, 2.75) is 35.1 Å². The lowest BCUT2D eigenvalue weighted by Gasteiger charge is -1.92. The molecule has 13 heavy (non-hydrogen) atoms. The normalized spacial score (nSPS) is 8.38. The van der Waals surface area contributed by atoms with Gasteiger partial charge in [0.1, 0.15) is 5.75 Å². The third kappa shape index (κ3) is 8.93. The number of aryl methyl sites for hydroxylation is 1. The Morgan fingerprint density at radius 2 is 1.46 bits per heavy atom. The number of aromatic hydroxyl groups is 1. The second kappa shape index (κ2) is 7.66. The van der Waals surface area contributed by atoms with E-state index < -0.39 is 0 Å². The molecular weight excluding hydrogens is 160 g/mol. The van der Waals surface area contributed by atoms with E-state index in [9.17, 15) is 0 Å². The second-order valence-electron chi connectivity index (χ2n) is 3.52. The summed E-state index contributed by atoms with van der Waals surface area (Å²) >= 11 is 0. The SMILES string of the molecule is C.CC(C)C.Cc1ccccc1O. The molecule has 0 radical (unpaired) electrons. The van der Waals surface area contributed by atoms with Gasteiger partial charge in [-0.2, -0.15) is 0 Å². The molecule has 0 heterocycles. The van der Waals surface area contributed by atoms with Crippen LogP contribution in [0.25, 0.3) is 0 Å². The lowest BCUT2D eigenvalue weighted by Crippen LogP contribution is -1.68. The number of rotatable bonds is 0. The lowest BCUT2D eigenvalue weighted by molar-refractivity contribution is 0.471. The van der Waals surface area contributed by atoms with Crippen LogP contribution in [0.3, 0.4) is 0 Å². The van der Waals surface area contributed by atoms with E-state index in [-0.39, 0.29) is 7.43 Å². The summed E-state index contributed by atoms with van der Waals surface area (Å²) in [6.07, 6.45) is 0. The fourth-order valence-corrected chi connectivity index (χ4v) is 0.563. The minimum Gasteiger partial charge on any atom is -0.508 e. The average molecular weight is 182 g/mol. The molecule has 0 aliphatic carbocycles. The summed E-state index contributed by atoms with van der Waals surface area (Å²) in [5.41, 5.74) is 0.924. The molecule has 0 aromatic heterocycles. The van der Waals surface area contributed by atoms with Crippen LogP contribution in [-0.2, 0) is 0 Å². The van der Waals surface area contributed by atoms with E-state index in [1.54, 1.807) is 6.07 Å². The summed E-state index contributed by atoms with van der Waals surface area (Å²) < 4.78 is 0. The zero-order valence-electron chi connectivity index (χ0n) is 8.33. The van der Waals surface area contributed by atoms with Crippen LogP contribution in [0, 0.1) is 12.8 Å². The second-order valence-corrected chi connectivity index (χ2v) is 3.52. The van der Waals surface area contributed by atoms with Crippen molar-refractivity contribution in [1.82, 2.24) is 0 Å². The van der Waals surface area contributed by atoms with Crippen molar-refractivity contribution >= 4 is 0 Å². The number of hydrogen-bond acceptors (Lipinski definition) is 1. The maximum Gasteiger partial charge on any atom is 0.118 e. The maximum absolute atomic E-state index is 8.92. The first kappa shape index (κ1) is 14.5. The Labute approximate surface area is 82.4 Å². The first-order chi connectivity index (χ1) is 5.54. The van der Waals surface area contributed by atoms with E-state index >= 15 is 0 Å². The quantitative estimate of drug-likeness (QED) is 0.643. The summed E-state index contributed by atoms with van der Waals surface area (Å²) in [7, 11) is 0. The molecule has 0 atom stereocenters. The standard InChI is InChI=1S/C7H8O.C4H10.CH4/c1-6-4-2-3-5-7(6)8;1-4(2)3;/h2-5,8H,1H3;4H,1-3H3;1H4. The minimum absolute atomic E-state index is 0. The van der Waals surface area contributed by atoms with Gasteiger partial charge in [-0.15, -0.1) is 0 Å². The molecule has 0 spiro atoms.